The van der Waals surface area contributed by atoms with E-state index in [9.17, 15) is 4.79 Å². The smallest absolute Gasteiger partial charge is 0.238 e. The second-order valence-corrected chi connectivity index (χ2v) is 5.24. The van der Waals surface area contributed by atoms with E-state index in [1.54, 1.807) is 0 Å². The minimum atomic E-state index is -0.0131. The van der Waals surface area contributed by atoms with Gasteiger partial charge in [-0.3, -0.25) is 9.69 Å². The van der Waals surface area contributed by atoms with E-state index in [-0.39, 0.29) is 18.6 Å². The molecule has 0 bridgehead atoms. The van der Waals surface area contributed by atoms with Gasteiger partial charge in [-0.05, 0) is 44.4 Å². The van der Waals surface area contributed by atoms with Crippen molar-refractivity contribution in [2.75, 3.05) is 25.0 Å². The predicted molar refractivity (Wildman–Crippen MR) is 82.9 cm³/mol. The zero-order valence-electron chi connectivity index (χ0n) is 12.7. The first-order chi connectivity index (χ1) is 9.56. The van der Waals surface area contributed by atoms with Crippen LogP contribution < -0.4 is 5.32 Å². The molecule has 0 aliphatic rings. The number of carbonyl (C=O) groups excluding carboxylic acids is 1. The zero-order chi connectivity index (χ0) is 15.0. The normalized spacial score (nSPS) is 11.1. The van der Waals surface area contributed by atoms with Gasteiger partial charge >= 0.3 is 0 Å². The molecular formula is C16H26N2O2. The van der Waals surface area contributed by atoms with Crippen molar-refractivity contribution in [3.05, 3.63) is 29.8 Å². The molecule has 112 valence electrons. The van der Waals surface area contributed by atoms with Crippen molar-refractivity contribution in [1.82, 2.24) is 4.90 Å². The van der Waals surface area contributed by atoms with Gasteiger partial charge in [-0.25, -0.2) is 0 Å². The molecule has 1 rings (SSSR count). The van der Waals surface area contributed by atoms with Crippen LogP contribution in [0, 0.1) is 0 Å². The minimum absolute atomic E-state index is 0.0131. The Kier molecular flexibility index (Phi) is 7.26. The molecule has 0 aliphatic carbocycles. The van der Waals surface area contributed by atoms with Crippen molar-refractivity contribution >= 4 is 11.6 Å². The summed E-state index contributed by atoms with van der Waals surface area (Å²) in [6.07, 6.45) is 1.69. The Morgan fingerprint density at radius 3 is 2.45 bits per heavy atom. The number of anilines is 1. The zero-order valence-corrected chi connectivity index (χ0v) is 12.7. The molecule has 1 aromatic carbocycles. The highest BCUT2D eigenvalue weighted by atomic mass is 16.3. The number of aryl methyl sites for hydroxylation is 1. The third-order valence-electron chi connectivity index (χ3n) is 3.33. The van der Waals surface area contributed by atoms with Crippen molar-refractivity contribution in [1.29, 1.82) is 0 Å². The molecule has 20 heavy (non-hydrogen) atoms. The van der Waals surface area contributed by atoms with Crippen LogP contribution in [0.2, 0.25) is 0 Å². The van der Waals surface area contributed by atoms with Crippen LogP contribution in [0.3, 0.4) is 0 Å². The van der Waals surface area contributed by atoms with Crippen molar-refractivity contribution < 1.29 is 9.90 Å². The number of hydrogen-bond donors (Lipinski definition) is 2. The van der Waals surface area contributed by atoms with Gasteiger partial charge in [0.1, 0.15) is 0 Å². The topological polar surface area (TPSA) is 52.6 Å². The number of nitrogens with zero attached hydrogens (tertiary/aromatic N) is 1. The van der Waals surface area contributed by atoms with Crippen molar-refractivity contribution in [2.45, 2.75) is 39.7 Å². The number of hydrogen-bond acceptors (Lipinski definition) is 3. The molecule has 0 radical (unpaired) electrons. The number of amides is 1. The Morgan fingerprint density at radius 1 is 1.30 bits per heavy atom. The summed E-state index contributed by atoms with van der Waals surface area (Å²) in [6.45, 7) is 7.46. The average molecular weight is 278 g/mol. The van der Waals surface area contributed by atoms with E-state index in [1.165, 1.54) is 5.56 Å². The van der Waals surface area contributed by atoms with Gasteiger partial charge in [0.05, 0.1) is 6.54 Å². The van der Waals surface area contributed by atoms with Gasteiger partial charge in [-0.2, -0.15) is 0 Å². The largest absolute Gasteiger partial charge is 0.396 e. The maximum atomic E-state index is 12.0. The number of rotatable bonds is 8. The van der Waals surface area contributed by atoms with E-state index in [4.69, 9.17) is 5.11 Å². The number of aliphatic hydroxyl groups is 1. The summed E-state index contributed by atoms with van der Waals surface area (Å²) in [5.41, 5.74) is 2.09. The van der Waals surface area contributed by atoms with Crippen molar-refractivity contribution in [3.63, 3.8) is 0 Å². The van der Waals surface area contributed by atoms with Crippen LogP contribution in [0.5, 0.6) is 0 Å². The molecule has 1 amide bonds. The van der Waals surface area contributed by atoms with Crippen LogP contribution >= 0.6 is 0 Å². The van der Waals surface area contributed by atoms with E-state index >= 15 is 0 Å². The van der Waals surface area contributed by atoms with Gasteiger partial charge < -0.3 is 10.4 Å². The SMILES string of the molecule is CCc1ccc(NC(=O)CN(CCCO)C(C)C)cc1. The van der Waals surface area contributed by atoms with Gasteiger partial charge in [-0.15, -0.1) is 0 Å². The summed E-state index contributed by atoms with van der Waals surface area (Å²) in [5, 5.41) is 11.8. The number of aliphatic hydroxyl groups excluding tert-OH is 1. The predicted octanol–water partition coefficient (Wildman–Crippen LogP) is 2.28. The van der Waals surface area contributed by atoms with Gasteiger partial charge in [0.25, 0.3) is 0 Å². The third-order valence-corrected chi connectivity index (χ3v) is 3.33. The standard InChI is InChI=1S/C16H26N2O2/c1-4-14-6-8-15(9-7-14)17-16(20)12-18(13(2)3)10-5-11-19/h6-9,13,19H,4-5,10-12H2,1-3H3,(H,17,20). The summed E-state index contributed by atoms with van der Waals surface area (Å²) in [5.74, 6) is -0.0131. The molecular weight excluding hydrogens is 252 g/mol. The van der Waals surface area contributed by atoms with Crippen molar-refractivity contribution in [2.24, 2.45) is 0 Å². The first-order valence-electron chi connectivity index (χ1n) is 7.30. The number of benzene rings is 1. The number of carbonyl (C=O) groups is 1. The van der Waals surface area contributed by atoms with Gasteiger partial charge in [0, 0.05) is 24.9 Å². The fourth-order valence-corrected chi connectivity index (χ4v) is 2.00. The molecule has 2 N–H and O–H groups in total. The van der Waals surface area contributed by atoms with E-state index in [1.807, 2.05) is 24.3 Å². The molecule has 4 nitrogen and oxygen atoms in total. The Bertz CT molecular complexity index is 401. The van der Waals surface area contributed by atoms with Crippen LogP contribution in [0.15, 0.2) is 24.3 Å². The summed E-state index contributed by atoms with van der Waals surface area (Å²) < 4.78 is 0. The molecule has 0 fully saturated rings. The molecule has 0 saturated heterocycles. The van der Waals surface area contributed by atoms with E-state index in [2.05, 4.69) is 31.0 Å². The molecule has 0 unspecified atom stereocenters. The molecule has 0 saturated carbocycles. The van der Waals surface area contributed by atoms with E-state index in [0.29, 0.717) is 13.0 Å². The molecule has 0 aliphatic heterocycles. The maximum Gasteiger partial charge on any atom is 0.238 e. The summed E-state index contributed by atoms with van der Waals surface area (Å²) in [7, 11) is 0. The molecule has 1 aromatic rings. The minimum Gasteiger partial charge on any atom is -0.396 e. The molecule has 0 aromatic heterocycles. The fourth-order valence-electron chi connectivity index (χ4n) is 2.00. The highest BCUT2D eigenvalue weighted by Gasteiger charge is 2.13. The highest BCUT2D eigenvalue weighted by Crippen LogP contribution is 2.10. The van der Waals surface area contributed by atoms with Crippen LogP contribution in [-0.4, -0.2) is 41.7 Å². The second kappa shape index (κ2) is 8.72. The second-order valence-electron chi connectivity index (χ2n) is 5.24. The van der Waals surface area contributed by atoms with Crippen LogP contribution in [-0.2, 0) is 11.2 Å². The molecule has 4 heteroatoms. The lowest BCUT2D eigenvalue weighted by molar-refractivity contribution is -0.117. The van der Waals surface area contributed by atoms with Gasteiger partial charge in [0.15, 0.2) is 0 Å². The molecule has 0 atom stereocenters. The lowest BCUT2D eigenvalue weighted by atomic mass is 10.1. The highest BCUT2D eigenvalue weighted by molar-refractivity contribution is 5.92. The lowest BCUT2D eigenvalue weighted by Gasteiger charge is -2.25. The quantitative estimate of drug-likeness (QED) is 0.767. The molecule has 0 heterocycles. The van der Waals surface area contributed by atoms with Gasteiger partial charge in [0.2, 0.25) is 5.91 Å². The summed E-state index contributed by atoms with van der Waals surface area (Å²) >= 11 is 0. The molecule has 0 spiro atoms. The Balaban J connectivity index is 2.51. The number of nitrogens with one attached hydrogen (secondary N) is 1. The first-order valence-corrected chi connectivity index (χ1v) is 7.30. The van der Waals surface area contributed by atoms with E-state index in [0.717, 1.165) is 18.7 Å². The van der Waals surface area contributed by atoms with E-state index < -0.39 is 0 Å². The van der Waals surface area contributed by atoms with Gasteiger partial charge in [-0.1, -0.05) is 19.1 Å². The maximum absolute atomic E-state index is 12.0. The fraction of sp³-hybridized carbons (Fsp3) is 0.562. The third kappa shape index (κ3) is 5.72. The Labute approximate surface area is 121 Å². The van der Waals surface area contributed by atoms with Crippen LogP contribution in [0.1, 0.15) is 32.8 Å². The summed E-state index contributed by atoms with van der Waals surface area (Å²) in [6, 6.07) is 8.21. The van der Waals surface area contributed by atoms with Crippen LogP contribution in [0.4, 0.5) is 5.69 Å². The average Bonchev–Trinajstić information content (AvgIpc) is 2.44. The first kappa shape index (κ1) is 16.7. The van der Waals surface area contributed by atoms with Crippen LogP contribution in [0.25, 0.3) is 0 Å². The summed E-state index contributed by atoms with van der Waals surface area (Å²) in [4.78, 5) is 14.1. The Morgan fingerprint density at radius 2 is 1.95 bits per heavy atom. The Hall–Kier alpha value is -1.39. The monoisotopic (exact) mass is 278 g/mol. The lowest BCUT2D eigenvalue weighted by Crippen LogP contribution is -2.38. The van der Waals surface area contributed by atoms with Crippen molar-refractivity contribution in [3.8, 4) is 0 Å².